The van der Waals surface area contributed by atoms with Crippen LogP contribution in [0.5, 0.6) is 0 Å². The normalized spacial score (nSPS) is 9.94. The maximum atomic E-state index is 13.0. The molecule has 0 aliphatic carbocycles. The summed E-state index contributed by atoms with van der Waals surface area (Å²) in [6.07, 6.45) is 0.418. The zero-order chi connectivity index (χ0) is 12.3. The lowest BCUT2D eigenvalue weighted by molar-refractivity contribution is 0.507. The van der Waals surface area contributed by atoms with E-state index in [1.807, 2.05) is 6.07 Å². The summed E-state index contributed by atoms with van der Waals surface area (Å²) in [5.41, 5.74) is 2.00. The second-order valence-corrected chi connectivity index (χ2v) is 3.69. The van der Waals surface area contributed by atoms with Crippen LogP contribution in [0.4, 0.5) is 8.78 Å². The molecule has 0 aromatic heterocycles. The summed E-state index contributed by atoms with van der Waals surface area (Å²) >= 11 is 0. The summed E-state index contributed by atoms with van der Waals surface area (Å²) in [5, 5.41) is 8.91. The molecule has 0 atom stereocenters. The molecule has 0 aliphatic heterocycles. The highest BCUT2D eigenvalue weighted by atomic mass is 19.2. The first-order valence-corrected chi connectivity index (χ1v) is 5.12. The molecule has 3 heteroatoms. The van der Waals surface area contributed by atoms with Crippen molar-refractivity contribution in [3.63, 3.8) is 0 Å². The van der Waals surface area contributed by atoms with Crippen molar-refractivity contribution >= 4 is 0 Å². The molecule has 84 valence electrons. The van der Waals surface area contributed by atoms with Crippen LogP contribution in [0.3, 0.4) is 0 Å². The number of halogens is 2. The van der Waals surface area contributed by atoms with E-state index < -0.39 is 11.6 Å². The molecule has 0 N–H and O–H groups in total. The van der Waals surface area contributed by atoms with Gasteiger partial charge in [0.05, 0.1) is 11.6 Å². The van der Waals surface area contributed by atoms with E-state index in [2.05, 4.69) is 6.07 Å². The van der Waals surface area contributed by atoms with Gasteiger partial charge >= 0.3 is 0 Å². The van der Waals surface area contributed by atoms with Crippen LogP contribution in [0.25, 0.3) is 0 Å². The van der Waals surface area contributed by atoms with Gasteiger partial charge in [0.25, 0.3) is 0 Å². The molecule has 0 radical (unpaired) electrons. The highest BCUT2D eigenvalue weighted by Crippen LogP contribution is 2.15. The van der Waals surface area contributed by atoms with Crippen molar-refractivity contribution in [3.8, 4) is 6.07 Å². The van der Waals surface area contributed by atoms with E-state index in [0.717, 1.165) is 17.7 Å². The van der Waals surface area contributed by atoms with Crippen molar-refractivity contribution in [2.75, 3.05) is 0 Å². The van der Waals surface area contributed by atoms with Gasteiger partial charge in [0.1, 0.15) is 0 Å². The molecule has 2 aromatic rings. The Morgan fingerprint density at radius 2 is 1.76 bits per heavy atom. The third-order valence-corrected chi connectivity index (χ3v) is 2.52. The van der Waals surface area contributed by atoms with E-state index in [9.17, 15) is 8.78 Å². The van der Waals surface area contributed by atoms with Gasteiger partial charge < -0.3 is 0 Å². The van der Waals surface area contributed by atoms with E-state index in [-0.39, 0.29) is 0 Å². The van der Waals surface area contributed by atoms with Gasteiger partial charge in [-0.2, -0.15) is 5.26 Å². The summed E-state index contributed by atoms with van der Waals surface area (Å²) in [6, 6.07) is 12.9. The third kappa shape index (κ3) is 2.48. The Morgan fingerprint density at radius 1 is 1.00 bits per heavy atom. The van der Waals surface area contributed by atoms with Gasteiger partial charge in [0, 0.05) is 0 Å². The minimum absolute atomic E-state index is 0.418. The summed E-state index contributed by atoms with van der Waals surface area (Å²) < 4.78 is 25.8. The number of rotatable bonds is 2. The molecule has 0 unspecified atom stereocenters. The van der Waals surface area contributed by atoms with Gasteiger partial charge in [0.2, 0.25) is 0 Å². The fourth-order valence-electron chi connectivity index (χ4n) is 1.65. The van der Waals surface area contributed by atoms with Crippen molar-refractivity contribution < 1.29 is 8.78 Å². The molecule has 2 rings (SSSR count). The quantitative estimate of drug-likeness (QED) is 0.774. The van der Waals surface area contributed by atoms with E-state index in [1.165, 1.54) is 6.07 Å². The van der Waals surface area contributed by atoms with Gasteiger partial charge in [0.15, 0.2) is 11.6 Å². The average molecular weight is 229 g/mol. The molecule has 0 saturated heterocycles. The standard InChI is InChI=1S/C14H9F2N/c15-13-6-5-10(8-14(13)16)7-11-3-1-2-4-12(11)9-17/h1-6,8H,7H2. The van der Waals surface area contributed by atoms with E-state index >= 15 is 0 Å². The first-order chi connectivity index (χ1) is 8.20. The topological polar surface area (TPSA) is 23.8 Å². The number of nitriles is 1. The molecule has 1 nitrogen and oxygen atoms in total. The maximum absolute atomic E-state index is 13.0. The number of hydrogen-bond acceptors (Lipinski definition) is 1. The fourth-order valence-corrected chi connectivity index (χ4v) is 1.65. The summed E-state index contributed by atoms with van der Waals surface area (Å²) in [6.45, 7) is 0. The van der Waals surface area contributed by atoms with Crippen molar-refractivity contribution in [2.24, 2.45) is 0 Å². The SMILES string of the molecule is N#Cc1ccccc1Cc1ccc(F)c(F)c1. The smallest absolute Gasteiger partial charge is 0.159 e. The molecular formula is C14H9F2N. The van der Waals surface area contributed by atoms with Crippen molar-refractivity contribution in [1.82, 2.24) is 0 Å². The summed E-state index contributed by atoms with van der Waals surface area (Å²) in [4.78, 5) is 0. The van der Waals surface area contributed by atoms with Crippen LogP contribution < -0.4 is 0 Å². The molecule has 0 amide bonds. The van der Waals surface area contributed by atoms with Crippen molar-refractivity contribution in [1.29, 1.82) is 5.26 Å². The minimum Gasteiger partial charge on any atom is -0.204 e. The number of nitrogens with zero attached hydrogens (tertiary/aromatic N) is 1. The van der Waals surface area contributed by atoms with Gasteiger partial charge in [-0.1, -0.05) is 24.3 Å². The van der Waals surface area contributed by atoms with Crippen molar-refractivity contribution in [3.05, 3.63) is 70.8 Å². The largest absolute Gasteiger partial charge is 0.204 e. The highest BCUT2D eigenvalue weighted by Gasteiger charge is 2.05. The van der Waals surface area contributed by atoms with Crippen LogP contribution in [0.1, 0.15) is 16.7 Å². The third-order valence-electron chi connectivity index (χ3n) is 2.52. The Bertz CT molecular complexity index is 585. The van der Waals surface area contributed by atoms with Crippen LogP contribution in [0.2, 0.25) is 0 Å². The Labute approximate surface area is 97.9 Å². The highest BCUT2D eigenvalue weighted by molar-refractivity contribution is 5.40. The van der Waals surface area contributed by atoms with E-state index in [0.29, 0.717) is 17.5 Å². The van der Waals surface area contributed by atoms with Crippen LogP contribution in [0.15, 0.2) is 42.5 Å². The Hall–Kier alpha value is -2.21. The molecule has 17 heavy (non-hydrogen) atoms. The molecular weight excluding hydrogens is 220 g/mol. The van der Waals surface area contributed by atoms with Gasteiger partial charge in [-0.25, -0.2) is 8.78 Å². The van der Waals surface area contributed by atoms with Crippen LogP contribution in [0, 0.1) is 23.0 Å². The Balaban J connectivity index is 2.32. The zero-order valence-electron chi connectivity index (χ0n) is 8.95. The second-order valence-electron chi connectivity index (χ2n) is 3.69. The van der Waals surface area contributed by atoms with Gasteiger partial charge in [-0.05, 0) is 35.7 Å². The maximum Gasteiger partial charge on any atom is 0.159 e. The first-order valence-electron chi connectivity index (χ1n) is 5.12. The zero-order valence-corrected chi connectivity index (χ0v) is 8.95. The molecule has 0 saturated carbocycles. The van der Waals surface area contributed by atoms with Crippen LogP contribution >= 0.6 is 0 Å². The lowest BCUT2D eigenvalue weighted by Gasteiger charge is -2.04. The lowest BCUT2D eigenvalue weighted by atomic mass is 10.0. The molecule has 0 heterocycles. The summed E-state index contributed by atoms with van der Waals surface area (Å²) in [7, 11) is 0. The Morgan fingerprint density at radius 3 is 2.47 bits per heavy atom. The van der Waals surface area contributed by atoms with Crippen LogP contribution in [-0.4, -0.2) is 0 Å². The summed E-state index contributed by atoms with van der Waals surface area (Å²) in [5.74, 6) is -1.72. The molecule has 0 spiro atoms. The van der Waals surface area contributed by atoms with Gasteiger partial charge in [-0.15, -0.1) is 0 Å². The lowest BCUT2D eigenvalue weighted by Crippen LogP contribution is -1.94. The molecule has 2 aromatic carbocycles. The molecule has 0 bridgehead atoms. The predicted molar refractivity (Wildman–Crippen MR) is 60.3 cm³/mol. The predicted octanol–water partition coefficient (Wildman–Crippen LogP) is 3.43. The van der Waals surface area contributed by atoms with E-state index in [4.69, 9.17) is 5.26 Å². The average Bonchev–Trinajstić information content (AvgIpc) is 2.34. The first kappa shape index (κ1) is 11.3. The fraction of sp³-hybridized carbons (Fsp3) is 0.0714. The number of benzene rings is 2. The second kappa shape index (κ2) is 4.75. The van der Waals surface area contributed by atoms with Gasteiger partial charge in [-0.3, -0.25) is 0 Å². The minimum atomic E-state index is -0.864. The Kier molecular flexibility index (Phi) is 3.15. The van der Waals surface area contributed by atoms with Crippen LogP contribution in [-0.2, 0) is 6.42 Å². The molecule has 0 fully saturated rings. The van der Waals surface area contributed by atoms with E-state index in [1.54, 1.807) is 18.2 Å². The monoisotopic (exact) mass is 229 g/mol. The van der Waals surface area contributed by atoms with Crippen molar-refractivity contribution in [2.45, 2.75) is 6.42 Å². The number of hydrogen-bond donors (Lipinski definition) is 0. The molecule has 0 aliphatic rings.